The van der Waals surface area contributed by atoms with E-state index in [0.29, 0.717) is 5.92 Å². The molecule has 23 heavy (non-hydrogen) atoms. The molecule has 7 heteroatoms. The summed E-state index contributed by atoms with van der Waals surface area (Å²) in [4.78, 5) is 15.2. The molecule has 3 rings (SSSR count). The molecule has 1 aliphatic carbocycles. The lowest BCUT2D eigenvalue weighted by molar-refractivity contribution is 0.00578. The molecule has 2 heterocycles. The van der Waals surface area contributed by atoms with Crippen molar-refractivity contribution in [1.29, 1.82) is 0 Å². The standard InChI is InChI=1S/C16H23BN2O4/c1-15(2)16(3,4)23-17(22-15)11-5-6-13(19-9-11)10-7-12(8-10)21-14(18)20/h5-6,9-10,12H,7-8H2,1-4H3,(H2,18,20). The number of carbonyl (C=O) groups excluding carboxylic acids is 1. The third kappa shape index (κ3) is 3.08. The van der Waals surface area contributed by atoms with Crippen molar-refractivity contribution in [3.05, 3.63) is 24.0 Å². The molecule has 1 aliphatic heterocycles. The Kier molecular flexibility index (Phi) is 3.88. The molecule has 0 bridgehead atoms. The van der Waals surface area contributed by atoms with Gasteiger partial charge in [-0.2, -0.15) is 0 Å². The zero-order valence-corrected chi connectivity index (χ0v) is 14.0. The molecular formula is C16H23BN2O4. The Hall–Kier alpha value is -1.60. The number of carbonyl (C=O) groups is 1. The molecule has 0 unspecified atom stereocenters. The first-order valence-corrected chi connectivity index (χ1v) is 7.95. The molecular weight excluding hydrogens is 295 g/mol. The second-order valence-corrected chi connectivity index (χ2v) is 7.33. The van der Waals surface area contributed by atoms with E-state index in [1.54, 1.807) is 6.20 Å². The Morgan fingerprint density at radius 3 is 2.35 bits per heavy atom. The van der Waals surface area contributed by atoms with Gasteiger partial charge in [0.15, 0.2) is 0 Å². The SMILES string of the molecule is CC1(C)OB(c2ccc(C3CC(OC(N)=O)C3)nc2)OC1(C)C. The van der Waals surface area contributed by atoms with Crippen LogP contribution in [0.15, 0.2) is 18.3 Å². The van der Waals surface area contributed by atoms with Crippen LogP contribution in [0.2, 0.25) is 0 Å². The van der Waals surface area contributed by atoms with E-state index in [2.05, 4.69) is 4.98 Å². The Morgan fingerprint density at radius 1 is 1.26 bits per heavy atom. The van der Waals surface area contributed by atoms with Crippen LogP contribution in [0.1, 0.15) is 52.1 Å². The molecule has 1 amide bonds. The van der Waals surface area contributed by atoms with Gasteiger partial charge < -0.3 is 19.8 Å². The maximum absolute atomic E-state index is 10.7. The summed E-state index contributed by atoms with van der Waals surface area (Å²) in [6.07, 6.45) is 2.55. The highest BCUT2D eigenvalue weighted by Crippen LogP contribution is 2.38. The first kappa shape index (κ1) is 16.3. The van der Waals surface area contributed by atoms with Crippen LogP contribution in [0.3, 0.4) is 0 Å². The minimum Gasteiger partial charge on any atom is -0.446 e. The molecule has 2 fully saturated rings. The predicted molar refractivity (Wildman–Crippen MR) is 86.4 cm³/mol. The van der Waals surface area contributed by atoms with E-state index in [1.807, 2.05) is 39.8 Å². The fourth-order valence-electron chi connectivity index (χ4n) is 2.84. The van der Waals surface area contributed by atoms with E-state index in [9.17, 15) is 4.79 Å². The molecule has 6 nitrogen and oxygen atoms in total. The first-order chi connectivity index (χ1) is 10.7. The highest BCUT2D eigenvalue weighted by atomic mass is 16.7. The van der Waals surface area contributed by atoms with Crippen molar-refractivity contribution >= 4 is 18.7 Å². The molecule has 1 aromatic rings. The number of aromatic nitrogens is 1. The summed E-state index contributed by atoms with van der Waals surface area (Å²) >= 11 is 0. The van der Waals surface area contributed by atoms with Gasteiger partial charge >= 0.3 is 13.2 Å². The number of hydrogen-bond donors (Lipinski definition) is 1. The number of ether oxygens (including phenoxy) is 1. The lowest BCUT2D eigenvalue weighted by Crippen LogP contribution is -2.41. The van der Waals surface area contributed by atoms with Crippen LogP contribution in [-0.2, 0) is 14.0 Å². The highest BCUT2D eigenvalue weighted by molar-refractivity contribution is 6.62. The van der Waals surface area contributed by atoms with Crippen LogP contribution in [0, 0.1) is 0 Å². The summed E-state index contributed by atoms with van der Waals surface area (Å²) in [5.74, 6) is 0.312. The van der Waals surface area contributed by atoms with Gasteiger partial charge in [-0.3, -0.25) is 4.98 Å². The van der Waals surface area contributed by atoms with Gasteiger partial charge in [-0.15, -0.1) is 0 Å². The van der Waals surface area contributed by atoms with E-state index < -0.39 is 13.2 Å². The highest BCUT2D eigenvalue weighted by Gasteiger charge is 2.51. The van der Waals surface area contributed by atoms with Crippen molar-refractivity contribution < 1.29 is 18.8 Å². The van der Waals surface area contributed by atoms with E-state index in [1.165, 1.54) is 0 Å². The van der Waals surface area contributed by atoms with Gasteiger partial charge in [-0.25, -0.2) is 4.79 Å². The number of rotatable bonds is 3. The van der Waals surface area contributed by atoms with E-state index in [-0.39, 0.29) is 17.3 Å². The van der Waals surface area contributed by atoms with Gasteiger partial charge in [0.25, 0.3) is 0 Å². The average molecular weight is 318 g/mol. The van der Waals surface area contributed by atoms with Crippen LogP contribution in [0.4, 0.5) is 4.79 Å². The van der Waals surface area contributed by atoms with Crippen molar-refractivity contribution in [2.75, 3.05) is 0 Å². The summed E-state index contributed by atoms with van der Waals surface area (Å²) in [5, 5.41) is 0. The Morgan fingerprint density at radius 2 is 1.87 bits per heavy atom. The molecule has 2 N–H and O–H groups in total. The third-order valence-corrected chi connectivity index (χ3v) is 5.13. The van der Waals surface area contributed by atoms with Gasteiger partial charge in [-0.1, -0.05) is 6.07 Å². The molecule has 1 saturated heterocycles. The molecule has 1 aromatic heterocycles. The van der Waals surface area contributed by atoms with Crippen LogP contribution < -0.4 is 11.2 Å². The monoisotopic (exact) mass is 318 g/mol. The third-order valence-electron chi connectivity index (χ3n) is 5.13. The zero-order chi connectivity index (χ0) is 16.8. The summed E-state index contributed by atoms with van der Waals surface area (Å²) in [6.45, 7) is 8.12. The Bertz CT molecular complexity index is 581. The number of amides is 1. The topological polar surface area (TPSA) is 83.7 Å². The van der Waals surface area contributed by atoms with Crippen molar-refractivity contribution in [3.63, 3.8) is 0 Å². The first-order valence-electron chi connectivity index (χ1n) is 7.95. The summed E-state index contributed by atoms with van der Waals surface area (Å²) in [7, 11) is -0.395. The van der Waals surface area contributed by atoms with Gasteiger partial charge in [0.05, 0.1) is 11.2 Å². The van der Waals surface area contributed by atoms with Crippen LogP contribution in [0.5, 0.6) is 0 Å². The minimum atomic E-state index is -0.711. The van der Waals surface area contributed by atoms with Crippen molar-refractivity contribution in [2.24, 2.45) is 5.73 Å². The van der Waals surface area contributed by atoms with E-state index >= 15 is 0 Å². The normalized spacial score (nSPS) is 28.3. The average Bonchev–Trinajstić information content (AvgIpc) is 2.62. The van der Waals surface area contributed by atoms with Gasteiger partial charge in [0.1, 0.15) is 6.10 Å². The largest absolute Gasteiger partial charge is 0.496 e. The Balaban J connectivity index is 1.62. The van der Waals surface area contributed by atoms with Crippen LogP contribution >= 0.6 is 0 Å². The molecule has 0 spiro atoms. The number of hydrogen-bond acceptors (Lipinski definition) is 5. The lowest BCUT2D eigenvalue weighted by Gasteiger charge is -2.33. The van der Waals surface area contributed by atoms with Crippen LogP contribution in [-0.4, -0.2) is 35.5 Å². The number of nitrogens with zero attached hydrogens (tertiary/aromatic N) is 1. The minimum absolute atomic E-state index is 0.0814. The second-order valence-electron chi connectivity index (χ2n) is 7.33. The van der Waals surface area contributed by atoms with Crippen molar-refractivity contribution in [3.8, 4) is 0 Å². The summed E-state index contributed by atoms with van der Waals surface area (Å²) in [6, 6.07) is 3.98. The van der Waals surface area contributed by atoms with Gasteiger partial charge in [-0.05, 0) is 46.6 Å². The maximum Gasteiger partial charge on any atom is 0.496 e. The fraction of sp³-hybridized carbons (Fsp3) is 0.625. The fourth-order valence-corrected chi connectivity index (χ4v) is 2.84. The number of pyridine rings is 1. The Labute approximate surface area is 136 Å². The zero-order valence-electron chi connectivity index (χ0n) is 14.0. The van der Waals surface area contributed by atoms with E-state index in [4.69, 9.17) is 19.8 Å². The predicted octanol–water partition coefficient (Wildman–Crippen LogP) is 1.72. The summed E-state index contributed by atoms with van der Waals surface area (Å²) in [5.41, 5.74) is 6.21. The van der Waals surface area contributed by atoms with Crippen LogP contribution in [0.25, 0.3) is 0 Å². The second kappa shape index (κ2) is 5.49. The number of primary amides is 1. The lowest BCUT2D eigenvalue weighted by atomic mass is 9.77. The smallest absolute Gasteiger partial charge is 0.446 e. The molecule has 0 radical (unpaired) electrons. The number of nitrogens with two attached hydrogens (primary N) is 1. The molecule has 2 aliphatic rings. The van der Waals surface area contributed by atoms with Crippen molar-refractivity contribution in [1.82, 2.24) is 4.98 Å². The summed E-state index contributed by atoms with van der Waals surface area (Å²) < 4.78 is 17.0. The molecule has 0 aromatic carbocycles. The van der Waals surface area contributed by atoms with Gasteiger partial charge in [0, 0.05) is 23.3 Å². The molecule has 1 saturated carbocycles. The maximum atomic E-state index is 10.7. The van der Waals surface area contributed by atoms with E-state index in [0.717, 1.165) is 24.0 Å². The van der Waals surface area contributed by atoms with Crippen molar-refractivity contribution in [2.45, 2.75) is 63.8 Å². The molecule has 124 valence electrons. The molecule has 0 atom stereocenters. The quantitative estimate of drug-likeness (QED) is 0.858. The van der Waals surface area contributed by atoms with Gasteiger partial charge in [0.2, 0.25) is 0 Å².